The van der Waals surface area contributed by atoms with Crippen molar-refractivity contribution in [2.24, 2.45) is 0 Å². The summed E-state index contributed by atoms with van der Waals surface area (Å²) in [4.78, 5) is 19.8. The Kier molecular flexibility index (Phi) is 5.50. The minimum atomic E-state index is 0.110. The van der Waals surface area contributed by atoms with Crippen LogP contribution >= 0.6 is 11.3 Å². The zero-order valence-electron chi connectivity index (χ0n) is 15.6. The fourth-order valence-corrected chi connectivity index (χ4v) is 4.57. The van der Waals surface area contributed by atoms with Crippen LogP contribution in [0.2, 0.25) is 0 Å². The van der Waals surface area contributed by atoms with Crippen LogP contribution in [0.1, 0.15) is 30.4 Å². The number of nitrogens with zero attached hydrogens (tertiary/aromatic N) is 2. The van der Waals surface area contributed by atoms with E-state index in [-0.39, 0.29) is 12.0 Å². The number of thiazole rings is 1. The van der Waals surface area contributed by atoms with E-state index < -0.39 is 0 Å². The zero-order chi connectivity index (χ0) is 18.6. The molecule has 0 radical (unpaired) electrons. The van der Waals surface area contributed by atoms with Gasteiger partial charge in [0.05, 0.1) is 22.9 Å². The van der Waals surface area contributed by atoms with Crippen molar-refractivity contribution in [2.45, 2.75) is 38.7 Å². The summed E-state index contributed by atoms with van der Waals surface area (Å²) < 4.78 is 6.92. The van der Waals surface area contributed by atoms with Crippen molar-refractivity contribution in [3.63, 3.8) is 0 Å². The second kappa shape index (κ2) is 8.19. The first-order valence-electron chi connectivity index (χ1n) is 9.53. The van der Waals surface area contributed by atoms with E-state index >= 15 is 0 Å². The summed E-state index contributed by atoms with van der Waals surface area (Å²) in [5.74, 6) is 0.117. The van der Waals surface area contributed by atoms with Crippen LogP contribution in [-0.4, -0.2) is 30.1 Å². The van der Waals surface area contributed by atoms with E-state index in [1.165, 1.54) is 5.56 Å². The molecule has 3 aromatic rings. The average Bonchev–Trinajstić information content (AvgIpc) is 3.35. The Morgan fingerprint density at radius 1 is 1.22 bits per heavy atom. The number of hydrogen-bond acceptors (Lipinski definition) is 4. The van der Waals surface area contributed by atoms with Gasteiger partial charge in [-0.15, -0.1) is 0 Å². The molecule has 1 aliphatic rings. The molecule has 1 unspecified atom stereocenters. The number of carbonyl (C=O) groups excluding carboxylic acids is 1. The molecule has 0 bridgehead atoms. The molecule has 1 atom stereocenters. The van der Waals surface area contributed by atoms with Crippen LogP contribution in [0.4, 0.5) is 5.13 Å². The highest BCUT2D eigenvalue weighted by molar-refractivity contribution is 7.22. The number of rotatable bonds is 6. The molecule has 140 valence electrons. The van der Waals surface area contributed by atoms with Crippen molar-refractivity contribution in [3.8, 4) is 0 Å². The van der Waals surface area contributed by atoms with Gasteiger partial charge >= 0.3 is 0 Å². The SMILES string of the molecule is Cc1cccc2sc(N(CC3CCCO3)C(=O)CCc3ccccc3)nc12. The lowest BCUT2D eigenvalue weighted by molar-refractivity contribution is -0.119. The number of fused-ring (bicyclic) bond motifs is 1. The van der Waals surface area contributed by atoms with Crippen LogP contribution in [0.5, 0.6) is 0 Å². The molecule has 1 saturated heterocycles. The smallest absolute Gasteiger partial charge is 0.229 e. The lowest BCUT2D eigenvalue weighted by Gasteiger charge is -2.23. The molecule has 2 aromatic carbocycles. The number of hydrogen-bond donors (Lipinski definition) is 0. The third-order valence-corrected chi connectivity index (χ3v) is 6.07. The summed E-state index contributed by atoms with van der Waals surface area (Å²) in [6.45, 7) is 3.44. The molecule has 0 saturated carbocycles. The van der Waals surface area contributed by atoms with E-state index in [4.69, 9.17) is 9.72 Å². The lowest BCUT2D eigenvalue weighted by atomic mass is 10.1. The molecule has 1 aromatic heterocycles. The highest BCUT2D eigenvalue weighted by Gasteiger charge is 2.26. The Morgan fingerprint density at radius 3 is 2.81 bits per heavy atom. The van der Waals surface area contributed by atoms with E-state index in [1.807, 2.05) is 29.2 Å². The molecule has 0 aliphatic carbocycles. The highest BCUT2D eigenvalue weighted by atomic mass is 32.1. The first-order valence-corrected chi connectivity index (χ1v) is 10.3. The molecular weight excluding hydrogens is 356 g/mol. The first kappa shape index (κ1) is 18.1. The third-order valence-electron chi connectivity index (χ3n) is 5.02. The Balaban J connectivity index is 1.57. The Hall–Kier alpha value is -2.24. The minimum Gasteiger partial charge on any atom is -0.376 e. The second-order valence-electron chi connectivity index (χ2n) is 7.04. The van der Waals surface area contributed by atoms with Gasteiger partial charge in [-0.2, -0.15) is 0 Å². The molecule has 0 N–H and O–H groups in total. The summed E-state index contributed by atoms with van der Waals surface area (Å²) in [5.41, 5.74) is 3.32. The van der Waals surface area contributed by atoms with Crippen LogP contribution in [-0.2, 0) is 16.0 Å². The molecule has 1 fully saturated rings. The molecule has 1 amide bonds. The van der Waals surface area contributed by atoms with Gasteiger partial charge in [-0.05, 0) is 43.4 Å². The van der Waals surface area contributed by atoms with Crippen molar-refractivity contribution in [3.05, 3.63) is 59.7 Å². The molecule has 4 rings (SSSR count). The van der Waals surface area contributed by atoms with Gasteiger partial charge in [-0.1, -0.05) is 53.8 Å². The van der Waals surface area contributed by atoms with E-state index in [9.17, 15) is 4.79 Å². The van der Waals surface area contributed by atoms with Crippen LogP contribution < -0.4 is 4.90 Å². The van der Waals surface area contributed by atoms with Crippen molar-refractivity contribution in [1.29, 1.82) is 0 Å². The largest absolute Gasteiger partial charge is 0.376 e. The van der Waals surface area contributed by atoms with Gasteiger partial charge in [0, 0.05) is 13.0 Å². The van der Waals surface area contributed by atoms with Gasteiger partial charge in [-0.3, -0.25) is 9.69 Å². The van der Waals surface area contributed by atoms with E-state index in [0.717, 1.165) is 46.8 Å². The van der Waals surface area contributed by atoms with Crippen LogP contribution in [0, 0.1) is 6.92 Å². The Bertz CT molecular complexity index is 916. The third kappa shape index (κ3) is 4.20. The number of ether oxygens (including phenoxy) is 1. The van der Waals surface area contributed by atoms with E-state index in [2.05, 4.69) is 31.2 Å². The fraction of sp³-hybridized carbons (Fsp3) is 0.364. The molecule has 2 heterocycles. The first-order chi connectivity index (χ1) is 13.2. The van der Waals surface area contributed by atoms with Crippen molar-refractivity contribution in [2.75, 3.05) is 18.1 Å². The zero-order valence-corrected chi connectivity index (χ0v) is 16.4. The van der Waals surface area contributed by atoms with Gasteiger partial charge in [0.25, 0.3) is 0 Å². The maximum absolute atomic E-state index is 13.1. The molecule has 27 heavy (non-hydrogen) atoms. The standard InChI is InChI=1S/C22H24N2O2S/c1-16-7-5-11-19-21(16)23-22(27-19)24(15-18-10-6-14-26-18)20(25)13-12-17-8-3-2-4-9-17/h2-5,7-9,11,18H,6,10,12-15H2,1H3. The summed E-state index contributed by atoms with van der Waals surface area (Å²) in [7, 11) is 0. The van der Waals surface area contributed by atoms with Crippen LogP contribution in [0.15, 0.2) is 48.5 Å². The average molecular weight is 381 g/mol. The van der Waals surface area contributed by atoms with Crippen LogP contribution in [0.25, 0.3) is 10.2 Å². The quantitative estimate of drug-likeness (QED) is 0.620. The lowest BCUT2D eigenvalue weighted by Crippen LogP contribution is -2.37. The molecule has 4 nitrogen and oxygen atoms in total. The van der Waals surface area contributed by atoms with Crippen molar-refractivity contribution >= 4 is 32.6 Å². The van der Waals surface area contributed by atoms with E-state index in [1.54, 1.807) is 11.3 Å². The van der Waals surface area contributed by atoms with Gasteiger partial charge in [0.2, 0.25) is 5.91 Å². The Morgan fingerprint density at radius 2 is 2.07 bits per heavy atom. The number of carbonyl (C=O) groups is 1. The van der Waals surface area contributed by atoms with Gasteiger partial charge < -0.3 is 4.74 Å². The summed E-state index contributed by atoms with van der Waals surface area (Å²) in [5, 5.41) is 0.785. The molecule has 5 heteroatoms. The topological polar surface area (TPSA) is 42.4 Å². The van der Waals surface area contributed by atoms with Gasteiger partial charge in [0.15, 0.2) is 5.13 Å². The Labute approximate surface area is 163 Å². The van der Waals surface area contributed by atoms with Gasteiger partial charge in [0.1, 0.15) is 0 Å². The maximum Gasteiger partial charge on any atom is 0.229 e. The number of amides is 1. The number of anilines is 1. The minimum absolute atomic E-state index is 0.110. The van der Waals surface area contributed by atoms with E-state index in [0.29, 0.717) is 13.0 Å². The normalized spacial score (nSPS) is 16.7. The number of aromatic nitrogens is 1. The predicted octanol–water partition coefficient (Wildman–Crippen LogP) is 4.75. The molecular formula is C22H24N2O2S. The predicted molar refractivity (Wildman–Crippen MR) is 110 cm³/mol. The van der Waals surface area contributed by atoms with Crippen molar-refractivity contribution < 1.29 is 9.53 Å². The summed E-state index contributed by atoms with van der Waals surface area (Å²) >= 11 is 1.59. The fourth-order valence-electron chi connectivity index (χ4n) is 3.50. The number of para-hydroxylation sites is 1. The van der Waals surface area contributed by atoms with Crippen molar-refractivity contribution in [1.82, 2.24) is 4.98 Å². The summed E-state index contributed by atoms with van der Waals surface area (Å²) in [6, 6.07) is 16.3. The maximum atomic E-state index is 13.1. The van der Waals surface area contributed by atoms with Gasteiger partial charge in [-0.25, -0.2) is 4.98 Å². The number of aryl methyl sites for hydroxylation is 2. The molecule has 1 aliphatic heterocycles. The van der Waals surface area contributed by atoms with Crippen LogP contribution in [0.3, 0.4) is 0 Å². The monoisotopic (exact) mass is 380 g/mol. The summed E-state index contributed by atoms with van der Waals surface area (Å²) in [6.07, 6.45) is 3.40. The second-order valence-corrected chi connectivity index (χ2v) is 8.05. The highest BCUT2D eigenvalue weighted by Crippen LogP contribution is 2.32. The molecule has 0 spiro atoms. The number of benzene rings is 2.